The van der Waals surface area contributed by atoms with Crippen molar-refractivity contribution < 1.29 is 23.8 Å². The molecule has 3 unspecified atom stereocenters. The van der Waals surface area contributed by atoms with Gasteiger partial charge in [0.25, 0.3) is 5.91 Å². The number of ether oxygens (including phenoxy) is 3. The van der Waals surface area contributed by atoms with Crippen LogP contribution in [-0.2, 0) is 9.53 Å². The molecule has 0 aromatic heterocycles. The van der Waals surface area contributed by atoms with Gasteiger partial charge >= 0.3 is 5.97 Å². The first kappa shape index (κ1) is 16.6. The van der Waals surface area contributed by atoms with Crippen LogP contribution in [0.2, 0.25) is 0 Å². The van der Waals surface area contributed by atoms with Crippen LogP contribution in [0.3, 0.4) is 0 Å². The van der Waals surface area contributed by atoms with Crippen molar-refractivity contribution in [3.63, 3.8) is 0 Å². The van der Waals surface area contributed by atoms with E-state index in [1.54, 1.807) is 17.0 Å². The zero-order valence-corrected chi connectivity index (χ0v) is 14.9. The van der Waals surface area contributed by atoms with Crippen LogP contribution in [0.1, 0.15) is 49.5 Å². The summed E-state index contributed by atoms with van der Waals surface area (Å²) >= 11 is 0. The van der Waals surface area contributed by atoms with Crippen LogP contribution < -0.4 is 9.47 Å². The Morgan fingerprint density at radius 2 is 1.75 bits per heavy atom. The van der Waals surface area contributed by atoms with Crippen molar-refractivity contribution in [3.8, 4) is 11.5 Å². The first-order chi connectivity index (χ1) is 11.3. The van der Waals surface area contributed by atoms with Crippen LogP contribution in [-0.4, -0.2) is 48.7 Å². The van der Waals surface area contributed by atoms with E-state index >= 15 is 0 Å². The van der Waals surface area contributed by atoms with E-state index in [4.69, 9.17) is 14.2 Å². The molecule has 6 nitrogen and oxygen atoms in total. The van der Waals surface area contributed by atoms with Gasteiger partial charge < -0.3 is 19.1 Å². The maximum Gasteiger partial charge on any atom is 0.316 e. The van der Waals surface area contributed by atoms with Gasteiger partial charge in [0, 0.05) is 11.6 Å². The fourth-order valence-corrected chi connectivity index (χ4v) is 4.07. The lowest BCUT2D eigenvalue weighted by Crippen LogP contribution is -2.62. The van der Waals surface area contributed by atoms with Gasteiger partial charge in [0.15, 0.2) is 11.5 Å². The minimum atomic E-state index is -0.727. The number of hydrogen-bond donors (Lipinski definition) is 0. The Morgan fingerprint density at radius 1 is 1.17 bits per heavy atom. The van der Waals surface area contributed by atoms with E-state index in [9.17, 15) is 9.59 Å². The Morgan fingerprint density at radius 3 is 2.29 bits per heavy atom. The third-order valence-corrected chi connectivity index (χ3v) is 5.29. The van der Waals surface area contributed by atoms with Crippen molar-refractivity contribution in [1.82, 2.24) is 4.90 Å². The summed E-state index contributed by atoms with van der Waals surface area (Å²) in [5.41, 5.74) is 0.385. The summed E-state index contributed by atoms with van der Waals surface area (Å²) < 4.78 is 16.2. The van der Waals surface area contributed by atoms with Gasteiger partial charge in [-0.3, -0.25) is 9.59 Å². The van der Waals surface area contributed by atoms with Gasteiger partial charge in [0.1, 0.15) is 12.0 Å². The number of carbonyl (C=O) groups excluding carboxylic acids is 2. The van der Waals surface area contributed by atoms with E-state index in [2.05, 4.69) is 0 Å². The Balaban J connectivity index is 2.30. The quantitative estimate of drug-likeness (QED) is 0.795. The SMILES string of the molecule is COc1cc2c(cc1OC)C1C(=O)OC(C)C1(C)N(C(C)C)C2=O. The molecule has 1 saturated heterocycles. The molecule has 0 saturated carbocycles. The Kier molecular flexibility index (Phi) is 3.73. The monoisotopic (exact) mass is 333 g/mol. The van der Waals surface area contributed by atoms with E-state index < -0.39 is 11.5 Å². The molecular formula is C18H23NO5. The smallest absolute Gasteiger partial charge is 0.316 e. The highest BCUT2D eigenvalue weighted by Crippen LogP contribution is 2.51. The molecule has 1 aromatic rings. The fraction of sp³-hybridized carbons (Fsp3) is 0.556. The predicted molar refractivity (Wildman–Crippen MR) is 87.6 cm³/mol. The Bertz CT molecular complexity index is 714. The molecule has 0 N–H and O–H groups in total. The molecule has 3 rings (SSSR count). The molecule has 0 aliphatic carbocycles. The van der Waals surface area contributed by atoms with Crippen LogP contribution in [0.5, 0.6) is 11.5 Å². The Labute approximate surface area is 141 Å². The topological polar surface area (TPSA) is 65.1 Å². The van der Waals surface area contributed by atoms with Gasteiger partial charge in [-0.05, 0) is 45.4 Å². The molecule has 2 aliphatic heterocycles. The maximum absolute atomic E-state index is 13.2. The van der Waals surface area contributed by atoms with Crippen LogP contribution in [0.25, 0.3) is 0 Å². The van der Waals surface area contributed by atoms with Gasteiger partial charge in [-0.25, -0.2) is 0 Å². The summed E-state index contributed by atoms with van der Waals surface area (Å²) in [5.74, 6) is -0.00282. The largest absolute Gasteiger partial charge is 0.493 e. The van der Waals surface area contributed by atoms with E-state index in [-0.39, 0.29) is 24.0 Å². The van der Waals surface area contributed by atoms with Crippen LogP contribution in [0.15, 0.2) is 12.1 Å². The second-order valence-corrected chi connectivity index (χ2v) is 6.80. The number of carbonyl (C=O) groups is 2. The summed E-state index contributed by atoms with van der Waals surface area (Å²) in [6.45, 7) is 7.65. The van der Waals surface area contributed by atoms with E-state index in [1.165, 1.54) is 14.2 Å². The number of methoxy groups -OCH3 is 2. The van der Waals surface area contributed by atoms with Crippen LogP contribution >= 0.6 is 0 Å². The lowest BCUT2D eigenvalue weighted by Gasteiger charge is -2.48. The van der Waals surface area contributed by atoms with Crippen molar-refractivity contribution in [2.75, 3.05) is 14.2 Å². The maximum atomic E-state index is 13.2. The second kappa shape index (κ2) is 5.40. The first-order valence-electron chi connectivity index (χ1n) is 8.07. The summed E-state index contributed by atoms with van der Waals surface area (Å²) in [5, 5.41) is 0. The van der Waals surface area contributed by atoms with E-state index in [0.717, 1.165) is 0 Å². The minimum Gasteiger partial charge on any atom is -0.493 e. The zero-order valence-electron chi connectivity index (χ0n) is 14.9. The summed E-state index contributed by atoms with van der Waals surface area (Å²) in [7, 11) is 3.05. The van der Waals surface area contributed by atoms with Gasteiger partial charge in [0.05, 0.1) is 19.8 Å². The van der Waals surface area contributed by atoms with Crippen molar-refractivity contribution >= 4 is 11.9 Å². The van der Waals surface area contributed by atoms with Crippen LogP contribution in [0, 0.1) is 0 Å². The third kappa shape index (κ3) is 1.95. The first-order valence-corrected chi connectivity index (χ1v) is 8.07. The molecule has 1 fully saturated rings. The lowest BCUT2D eigenvalue weighted by atomic mass is 9.72. The van der Waals surface area contributed by atoms with Gasteiger partial charge in [-0.2, -0.15) is 0 Å². The molecule has 2 heterocycles. The van der Waals surface area contributed by atoms with Gasteiger partial charge in [0.2, 0.25) is 0 Å². The summed E-state index contributed by atoms with van der Waals surface area (Å²) in [6.07, 6.45) is -0.386. The number of amides is 1. The molecule has 0 spiro atoms. The molecular weight excluding hydrogens is 310 g/mol. The molecule has 24 heavy (non-hydrogen) atoms. The van der Waals surface area contributed by atoms with Crippen molar-refractivity contribution in [2.45, 2.75) is 51.3 Å². The highest BCUT2D eigenvalue weighted by molar-refractivity contribution is 6.03. The molecule has 0 bridgehead atoms. The number of nitrogens with zero attached hydrogens (tertiary/aromatic N) is 1. The number of cyclic esters (lactones) is 1. The highest BCUT2D eigenvalue weighted by Gasteiger charge is 2.61. The standard InChI is InChI=1S/C18H23NO5/c1-9(2)19-16(20)12-8-14(23-6)13(22-5)7-11(12)15-17(21)24-10(3)18(15,19)4/h7-10,15H,1-6H3. The molecule has 0 radical (unpaired) electrons. The second-order valence-electron chi connectivity index (χ2n) is 6.80. The van der Waals surface area contributed by atoms with Gasteiger partial charge in [-0.15, -0.1) is 0 Å². The van der Waals surface area contributed by atoms with Crippen LogP contribution in [0.4, 0.5) is 0 Å². The zero-order chi connectivity index (χ0) is 17.8. The van der Waals surface area contributed by atoms with Crippen molar-refractivity contribution in [3.05, 3.63) is 23.3 Å². The van der Waals surface area contributed by atoms with Crippen molar-refractivity contribution in [2.24, 2.45) is 0 Å². The average molecular weight is 333 g/mol. The summed E-state index contributed by atoms with van der Waals surface area (Å²) in [4.78, 5) is 27.5. The highest BCUT2D eigenvalue weighted by atomic mass is 16.6. The molecule has 130 valence electrons. The number of benzene rings is 1. The third-order valence-electron chi connectivity index (χ3n) is 5.29. The fourth-order valence-electron chi connectivity index (χ4n) is 4.07. The summed E-state index contributed by atoms with van der Waals surface area (Å²) in [6, 6.07) is 3.32. The molecule has 3 atom stereocenters. The number of rotatable bonds is 3. The minimum absolute atomic E-state index is 0.0665. The van der Waals surface area contributed by atoms with Crippen molar-refractivity contribution in [1.29, 1.82) is 0 Å². The number of esters is 1. The molecule has 2 aliphatic rings. The number of fused-ring (bicyclic) bond motifs is 3. The molecule has 1 aromatic carbocycles. The lowest BCUT2D eigenvalue weighted by molar-refractivity contribution is -0.142. The number of hydrogen-bond acceptors (Lipinski definition) is 5. The van der Waals surface area contributed by atoms with E-state index in [0.29, 0.717) is 22.6 Å². The predicted octanol–water partition coefficient (Wildman–Crippen LogP) is 2.36. The van der Waals surface area contributed by atoms with E-state index in [1.807, 2.05) is 27.7 Å². The van der Waals surface area contributed by atoms with Gasteiger partial charge in [-0.1, -0.05) is 0 Å². The normalized spacial score (nSPS) is 28.5. The molecule has 6 heteroatoms. The Hall–Kier alpha value is -2.24. The average Bonchev–Trinajstić information content (AvgIpc) is 2.75. The molecule has 1 amide bonds.